The number of nitrogens with one attached hydrogen (secondary N) is 2. The van der Waals surface area contributed by atoms with E-state index < -0.39 is 0 Å². The van der Waals surface area contributed by atoms with E-state index in [0.717, 1.165) is 29.3 Å². The highest BCUT2D eigenvalue weighted by Gasteiger charge is 2.27. The molecule has 0 bridgehead atoms. The predicted molar refractivity (Wildman–Crippen MR) is 66.8 cm³/mol. The first-order valence-corrected chi connectivity index (χ1v) is 5.86. The van der Waals surface area contributed by atoms with Gasteiger partial charge in [0.05, 0.1) is 0 Å². The molecule has 1 heterocycles. The van der Waals surface area contributed by atoms with E-state index in [1.165, 1.54) is 0 Å². The second kappa shape index (κ2) is 3.89. The number of nitrogens with two attached hydrogens (primary N) is 1. The van der Waals surface area contributed by atoms with Crippen molar-refractivity contribution in [2.75, 3.05) is 0 Å². The number of carbonyl (C=O) groups is 1. The molecule has 1 fully saturated rings. The first-order valence-electron chi connectivity index (χ1n) is 5.86. The molecule has 1 aromatic heterocycles. The molecule has 1 amide bonds. The normalized spacial score (nSPS) is 23.4. The molecule has 3 rings (SSSR count). The van der Waals surface area contributed by atoms with Crippen LogP contribution in [0.4, 0.5) is 0 Å². The summed E-state index contributed by atoms with van der Waals surface area (Å²) in [7, 11) is 0. The second-order valence-corrected chi connectivity index (χ2v) is 4.65. The number of benzene rings is 1. The van der Waals surface area contributed by atoms with Crippen LogP contribution in [0.1, 0.15) is 23.2 Å². The molecule has 88 valence electrons. The Balaban J connectivity index is 1.83. The number of hydrogen-bond donors (Lipinski definition) is 3. The van der Waals surface area contributed by atoms with Gasteiger partial charge >= 0.3 is 0 Å². The van der Waals surface area contributed by atoms with Gasteiger partial charge in [0.25, 0.3) is 5.91 Å². The number of hydrogen-bond acceptors (Lipinski definition) is 2. The van der Waals surface area contributed by atoms with Crippen LogP contribution in [0.25, 0.3) is 10.9 Å². The minimum Gasteiger partial charge on any atom is -0.361 e. The Bertz CT molecular complexity index is 555. The van der Waals surface area contributed by atoms with E-state index in [4.69, 9.17) is 5.73 Å². The van der Waals surface area contributed by atoms with Gasteiger partial charge in [0, 0.05) is 34.7 Å². The minimum absolute atomic E-state index is 0.00731. The number of aromatic amines is 1. The van der Waals surface area contributed by atoms with Crippen molar-refractivity contribution in [3.8, 4) is 0 Å². The summed E-state index contributed by atoms with van der Waals surface area (Å²) in [6, 6.07) is 8.13. The van der Waals surface area contributed by atoms with Gasteiger partial charge in [0.15, 0.2) is 0 Å². The summed E-state index contributed by atoms with van der Waals surface area (Å²) in [4.78, 5) is 15.2. The summed E-state index contributed by atoms with van der Waals surface area (Å²) in [5, 5.41) is 3.98. The summed E-state index contributed by atoms with van der Waals surface area (Å²) >= 11 is 0. The Hall–Kier alpha value is -1.81. The largest absolute Gasteiger partial charge is 0.361 e. The zero-order chi connectivity index (χ0) is 11.8. The Labute approximate surface area is 99.2 Å². The molecule has 0 saturated heterocycles. The number of aromatic nitrogens is 1. The summed E-state index contributed by atoms with van der Waals surface area (Å²) in [6.07, 6.45) is 3.62. The lowest BCUT2D eigenvalue weighted by Gasteiger charge is -2.33. The molecule has 1 aliphatic rings. The molecule has 17 heavy (non-hydrogen) atoms. The lowest BCUT2D eigenvalue weighted by molar-refractivity contribution is 0.0912. The van der Waals surface area contributed by atoms with Crippen molar-refractivity contribution in [3.05, 3.63) is 36.0 Å². The molecule has 0 atom stereocenters. The number of H-pyrrole nitrogens is 1. The lowest BCUT2D eigenvalue weighted by Crippen LogP contribution is -2.50. The van der Waals surface area contributed by atoms with Gasteiger partial charge in [-0.3, -0.25) is 4.79 Å². The number of amides is 1. The highest BCUT2D eigenvalue weighted by atomic mass is 16.1. The Morgan fingerprint density at radius 3 is 2.94 bits per heavy atom. The molecule has 2 aromatic rings. The van der Waals surface area contributed by atoms with E-state index in [1.807, 2.05) is 30.5 Å². The first-order chi connectivity index (χ1) is 8.24. The van der Waals surface area contributed by atoms with E-state index in [-0.39, 0.29) is 18.0 Å². The molecule has 0 radical (unpaired) electrons. The highest BCUT2D eigenvalue weighted by Crippen LogP contribution is 2.20. The van der Waals surface area contributed by atoms with Crippen molar-refractivity contribution < 1.29 is 4.79 Å². The summed E-state index contributed by atoms with van der Waals surface area (Å²) in [5.41, 5.74) is 7.42. The molecule has 4 N–H and O–H groups in total. The van der Waals surface area contributed by atoms with Crippen molar-refractivity contribution >= 4 is 16.8 Å². The van der Waals surface area contributed by atoms with Crippen LogP contribution in [0, 0.1) is 0 Å². The fraction of sp³-hybridized carbons (Fsp3) is 0.308. The smallest absolute Gasteiger partial charge is 0.252 e. The van der Waals surface area contributed by atoms with Gasteiger partial charge in [-0.05, 0) is 31.0 Å². The molecule has 1 saturated carbocycles. The van der Waals surface area contributed by atoms with Crippen molar-refractivity contribution in [1.29, 1.82) is 0 Å². The minimum atomic E-state index is -0.00731. The van der Waals surface area contributed by atoms with E-state index in [1.54, 1.807) is 0 Å². The summed E-state index contributed by atoms with van der Waals surface area (Å²) < 4.78 is 0. The maximum Gasteiger partial charge on any atom is 0.252 e. The maximum absolute atomic E-state index is 12.1. The zero-order valence-electron chi connectivity index (χ0n) is 9.44. The van der Waals surface area contributed by atoms with Gasteiger partial charge in [0.1, 0.15) is 0 Å². The molecule has 0 aliphatic heterocycles. The Morgan fingerprint density at radius 1 is 1.35 bits per heavy atom. The fourth-order valence-electron chi connectivity index (χ4n) is 2.33. The average molecular weight is 229 g/mol. The molecule has 0 spiro atoms. The van der Waals surface area contributed by atoms with Crippen LogP contribution in [-0.2, 0) is 0 Å². The predicted octanol–water partition coefficient (Wildman–Crippen LogP) is 1.39. The fourth-order valence-corrected chi connectivity index (χ4v) is 2.33. The topological polar surface area (TPSA) is 70.9 Å². The molecular weight excluding hydrogens is 214 g/mol. The van der Waals surface area contributed by atoms with Gasteiger partial charge in [-0.25, -0.2) is 0 Å². The summed E-state index contributed by atoms with van der Waals surface area (Å²) in [5.74, 6) is -0.00731. The van der Waals surface area contributed by atoms with E-state index >= 15 is 0 Å². The molecule has 4 heteroatoms. The van der Waals surface area contributed by atoms with Crippen molar-refractivity contribution in [2.24, 2.45) is 5.73 Å². The number of fused-ring (bicyclic) bond motifs is 1. The van der Waals surface area contributed by atoms with Crippen LogP contribution in [0.2, 0.25) is 0 Å². The van der Waals surface area contributed by atoms with Gasteiger partial charge in [-0.2, -0.15) is 0 Å². The Kier molecular flexibility index (Phi) is 2.37. The van der Waals surface area contributed by atoms with Crippen LogP contribution in [0.5, 0.6) is 0 Å². The highest BCUT2D eigenvalue weighted by molar-refractivity contribution is 6.06. The SMILES string of the molecule is NC1CC(NC(=O)c2cccc3[nH]ccc23)C1. The average Bonchev–Trinajstić information content (AvgIpc) is 2.74. The van der Waals surface area contributed by atoms with Gasteiger partial charge in [-0.1, -0.05) is 6.07 Å². The third-order valence-electron chi connectivity index (χ3n) is 3.35. The third kappa shape index (κ3) is 1.80. The van der Waals surface area contributed by atoms with Crippen LogP contribution in [0.3, 0.4) is 0 Å². The molecule has 1 aliphatic carbocycles. The quantitative estimate of drug-likeness (QED) is 0.728. The van der Waals surface area contributed by atoms with Gasteiger partial charge in [0.2, 0.25) is 0 Å². The van der Waals surface area contributed by atoms with Crippen LogP contribution < -0.4 is 11.1 Å². The van der Waals surface area contributed by atoms with Crippen molar-refractivity contribution in [2.45, 2.75) is 24.9 Å². The molecule has 4 nitrogen and oxygen atoms in total. The molecular formula is C13H15N3O. The lowest BCUT2D eigenvalue weighted by atomic mass is 9.87. The van der Waals surface area contributed by atoms with Crippen LogP contribution in [0.15, 0.2) is 30.5 Å². The monoisotopic (exact) mass is 229 g/mol. The van der Waals surface area contributed by atoms with Gasteiger partial charge < -0.3 is 16.0 Å². The van der Waals surface area contributed by atoms with E-state index in [0.29, 0.717) is 0 Å². The van der Waals surface area contributed by atoms with E-state index in [2.05, 4.69) is 10.3 Å². The molecule has 0 unspecified atom stereocenters. The first kappa shape index (κ1) is 10.4. The van der Waals surface area contributed by atoms with Gasteiger partial charge in [-0.15, -0.1) is 0 Å². The van der Waals surface area contributed by atoms with Crippen LogP contribution in [-0.4, -0.2) is 23.0 Å². The second-order valence-electron chi connectivity index (χ2n) is 4.65. The standard InChI is InChI=1S/C13H15N3O/c14-8-6-9(7-8)16-13(17)11-2-1-3-12-10(11)4-5-15-12/h1-5,8-9,15H,6-7,14H2,(H,16,17). The van der Waals surface area contributed by atoms with Crippen LogP contribution >= 0.6 is 0 Å². The maximum atomic E-state index is 12.1. The third-order valence-corrected chi connectivity index (χ3v) is 3.35. The number of rotatable bonds is 2. The van der Waals surface area contributed by atoms with Crippen molar-refractivity contribution in [3.63, 3.8) is 0 Å². The zero-order valence-corrected chi connectivity index (χ0v) is 9.44. The Morgan fingerprint density at radius 2 is 2.18 bits per heavy atom. The summed E-state index contributed by atoms with van der Waals surface area (Å²) in [6.45, 7) is 0. The number of carbonyl (C=O) groups excluding carboxylic acids is 1. The molecule has 1 aromatic carbocycles. The van der Waals surface area contributed by atoms with E-state index in [9.17, 15) is 4.79 Å². The van der Waals surface area contributed by atoms with Crippen molar-refractivity contribution in [1.82, 2.24) is 10.3 Å².